The summed E-state index contributed by atoms with van der Waals surface area (Å²) in [5.74, 6) is 0. The number of nitrogens with zero attached hydrogens (tertiary/aromatic N) is 2. The van der Waals surface area contributed by atoms with Crippen molar-refractivity contribution in [1.82, 2.24) is 14.3 Å². The standard InChI is InChI=1S/C18H18ClN3O2S/c19-14-4-1-6-16(11-14)25(23,24)22-12-13(10-15-5-2-8-20-15)18-17(22)7-3-9-21-18/h1,3-4,6-7,9,11-12,15,20H,2,5,8,10H2/t15-/m0/s1. The molecule has 25 heavy (non-hydrogen) atoms. The van der Waals surface area contributed by atoms with Crippen LogP contribution < -0.4 is 5.32 Å². The topological polar surface area (TPSA) is 64.0 Å². The zero-order valence-corrected chi connectivity index (χ0v) is 15.1. The molecule has 4 rings (SSSR count). The molecule has 1 saturated heterocycles. The smallest absolute Gasteiger partial charge is 0.268 e. The number of nitrogens with one attached hydrogen (secondary N) is 1. The van der Waals surface area contributed by atoms with Crippen LogP contribution in [0.25, 0.3) is 11.0 Å². The average molecular weight is 376 g/mol. The first-order valence-corrected chi connectivity index (χ1v) is 10.1. The quantitative estimate of drug-likeness (QED) is 0.760. The molecule has 1 atom stereocenters. The van der Waals surface area contributed by atoms with Crippen LogP contribution in [0.2, 0.25) is 5.02 Å². The van der Waals surface area contributed by atoms with Gasteiger partial charge in [0.15, 0.2) is 0 Å². The molecule has 1 aliphatic rings. The number of pyridine rings is 1. The van der Waals surface area contributed by atoms with Crippen molar-refractivity contribution in [2.75, 3.05) is 6.54 Å². The highest BCUT2D eigenvalue weighted by atomic mass is 35.5. The number of aromatic nitrogens is 2. The fraction of sp³-hybridized carbons (Fsp3) is 0.278. The van der Waals surface area contributed by atoms with Crippen molar-refractivity contribution in [2.24, 2.45) is 0 Å². The third-order valence-corrected chi connectivity index (χ3v) is 6.49. The van der Waals surface area contributed by atoms with Crippen LogP contribution in [0, 0.1) is 0 Å². The minimum atomic E-state index is -3.73. The van der Waals surface area contributed by atoms with E-state index >= 15 is 0 Å². The Hall–Kier alpha value is -1.89. The summed E-state index contributed by atoms with van der Waals surface area (Å²) in [4.78, 5) is 4.60. The Morgan fingerprint density at radius 3 is 2.92 bits per heavy atom. The van der Waals surface area contributed by atoms with Crippen molar-refractivity contribution in [2.45, 2.75) is 30.2 Å². The Morgan fingerprint density at radius 2 is 2.16 bits per heavy atom. The van der Waals surface area contributed by atoms with Crippen LogP contribution in [0.5, 0.6) is 0 Å². The van der Waals surface area contributed by atoms with Gasteiger partial charge in [0.1, 0.15) is 0 Å². The zero-order chi connectivity index (χ0) is 17.4. The lowest BCUT2D eigenvalue weighted by Crippen LogP contribution is -2.23. The van der Waals surface area contributed by atoms with E-state index < -0.39 is 10.0 Å². The Balaban J connectivity index is 1.84. The maximum absolute atomic E-state index is 13.1. The third kappa shape index (κ3) is 3.05. The summed E-state index contributed by atoms with van der Waals surface area (Å²) in [6.45, 7) is 1.01. The maximum atomic E-state index is 13.1. The molecular weight excluding hydrogens is 358 g/mol. The Kier molecular flexibility index (Phi) is 4.27. The molecular formula is C18H18ClN3O2S. The van der Waals surface area contributed by atoms with E-state index in [4.69, 9.17) is 11.6 Å². The normalized spacial score (nSPS) is 18.0. The lowest BCUT2D eigenvalue weighted by Gasteiger charge is -2.08. The SMILES string of the molecule is O=S(=O)(c1cccc(Cl)c1)n1cc(C[C@@H]2CCCN2)c2ncccc21. The second-order valence-corrected chi connectivity index (χ2v) is 8.53. The van der Waals surface area contributed by atoms with E-state index in [0.717, 1.165) is 36.9 Å². The molecule has 0 aliphatic carbocycles. The van der Waals surface area contributed by atoms with E-state index in [0.29, 0.717) is 16.6 Å². The molecule has 0 amide bonds. The summed E-state index contributed by atoms with van der Waals surface area (Å²) in [6.07, 6.45) is 6.42. The molecule has 1 aliphatic heterocycles. The molecule has 130 valence electrons. The van der Waals surface area contributed by atoms with E-state index in [2.05, 4.69) is 10.3 Å². The molecule has 1 aromatic carbocycles. The van der Waals surface area contributed by atoms with Gasteiger partial charge in [-0.2, -0.15) is 0 Å². The monoisotopic (exact) mass is 375 g/mol. The van der Waals surface area contributed by atoms with Gasteiger partial charge < -0.3 is 5.32 Å². The van der Waals surface area contributed by atoms with Gasteiger partial charge >= 0.3 is 0 Å². The van der Waals surface area contributed by atoms with Gasteiger partial charge in [0, 0.05) is 23.5 Å². The Bertz CT molecular complexity index is 1020. The molecule has 0 saturated carbocycles. The first-order chi connectivity index (χ1) is 12.1. The number of fused-ring (bicyclic) bond motifs is 1. The minimum Gasteiger partial charge on any atom is -0.314 e. The first kappa shape index (κ1) is 16.6. The lowest BCUT2D eigenvalue weighted by atomic mass is 10.1. The fourth-order valence-electron chi connectivity index (χ4n) is 3.38. The molecule has 0 bridgehead atoms. The number of benzene rings is 1. The molecule has 0 unspecified atom stereocenters. The first-order valence-electron chi connectivity index (χ1n) is 8.25. The predicted octanol–water partition coefficient (Wildman–Crippen LogP) is 3.22. The van der Waals surface area contributed by atoms with Gasteiger partial charge in [0.2, 0.25) is 0 Å². The van der Waals surface area contributed by atoms with Crippen LogP contribution in [0.1, 0.15) is 18.4 Å². The highest BCUT2D eigenvalue weighted by molar-refractivity contribution is 7.90. The second-order valence-electron chi connectivity index (χ2n) is 6.28. The third-order valence-electron chi connectivity index (χ3n) is 4.58. The molecule has 1 fully saturated rings. The fourth-order valence-corrected chi connectivity index (χ4v) is 5.06. The number of halogens is 1. The van der Waals surface area contributed by atoms with Crippen molar-refractivity contribution in [3.05, 3.63) is 59.4 Å². The Labute approximate surface area is 151 Å². The second kappa shape index (κ2) is 6.44. The minimum absolute atomic E-state index is 0.172. The molecule has 1 N–H and O–H groups in total. The Morgan fingerprint density at radius 1 is 1.28 bits per heavy atom. The van der Waals surface area contributed by atoms with Crippen molar-refractivity contribution < 1.29 is 8.42 Å². The van der Waals surface area contributed by atoms with E-state index in [9.17, 15) is 8.42 Å². The van der Waals surface area contributed by atoms with E-state index in [1.807, 2.05) is 0 Å². The van der Waals surface area contributed by atoms with Crippen molar-refractivity contribution in [3.63, 3.8) is 0 Å². The molecule has 0 spiro atoms. The molecule has 2 aromatic heterocycles. The summed E-state index contributed by atoms with van der Waals surface area (Å²) in [7, 11) is -3.73. The van der Waals surface area contributed by atoms with Crippen LogP contribution in [-0.4, -0.2) is 30.0 Å². The average Bonchev–Trinajstić information content (AvgIpc) is 3.24. The van der Waals surface area contributed by atoms with Gasteiger partial charge in [-0.25, -0.2) is 12.4 Å². The molecule has 5 nitrogen and oxygen atoms in total. The largest absolute Gasteiger partial charge is 0.314 e. The zero-order valence-electron chi connectivity index (χ0n) is 13.5. The molecule has 3 heterocycles. The van der Waals surface area contributed by atoms with E-state index in [-0.39, 0.29) is 4.90 Å². The van der Waals surface area contributed by atoms with Gasteiger partial charge in [-0.3, -0.25) is 4.98 Å². The summed E-state index contributed by atoms with van der Waals surface area (Å²) in [6, 6.07) is 10.2. The number of hydrogen-bond acceptors (Lipinski definition) is 4. The number of hydrogen-bond donors (Lipinski definition) is 1. The van der Waals surface area contributed by atoms with E-state index in [1.54, 1.807) is 42.7 Å². The van der Waals surface area contributed by atoms with E-state index in [1.165, 1.54) is 10.0 Å². The molecule has 0 radical (unpaired) electrons. The van der Waals surface area contributed by atoms with Crippen molar-refractivity contribution >= 4 is 32.7 Å². The highest BCUT2D eigenvalue weighted by Gasteiger charge is 2.24. The summed E-state index contributed by atoms with van der Waals surface area (Å²) < 4.78 is 27.5. The van der Waals surface area contributed by atoms with Gasteiger partial charge in [0.05, 0.1) is 15.9 Å². The van der Waals surface area contributed by atoms with Crippen LogP contribution in [-0.2, 0) is 16.4 Å². The van der Waals surface area contributed by atoms with Gasteiger partial charge in [-0.05, 0) is 61.7 Å². The van der Waals surface area contributed by atoms with Gasteiger partial charge in [0.25, 0.3) is 10.0 Å². The van der Waals surface area contributed by atoms with Crippen LogP contribution >= 0.6 is 11.6 Å². The molecule has 3 aromatic rings. The lowest BCUT2D eigenvalue weighted by molar-refractivity contribution is 0.587. The van der Waals surface area contributed by atoms with Crippen molar-refractivity contribution in [3.8, 4) is 0 Å². The summed E-state index contributed by atoms with van der Waals surface area (Å²) in [5.41, 5.74) is 2.28. The predicted molar refractivity (Wildman–Crippen MR) is 98.5 cm³/mol. The highest BCUT2D eigenvalue weighted by Crippen LogP contribution is 2.27. The summed E-state index contributed by atoms with van der Waals surface area (Å²) in [5, 5.41) is 3.85. The molecule has 7 heteroatoms. The summed E-state index contributed by atoms with van der Waals surface area (Å²) >= 11 is 5.98. The maximum Gasteiger partial charge on any atom is 0.268 e. The van der Waals surface area contributed by atoms with Gasteiger partial charge in [-0.1, -0.05) is 17.7 Å². The van der Waals surface area contributed by atoms with Crippen molar-refractivity contribution in [1.29, 1.82) is 0 Å². The van der Waals surface area contributed by atoms with Crippen LogP contribution in [0.15, 0.2) is 53.7 Å². The number of rotatable bonds is 4. The van der Waals surface area contributed by atoms with Crippen LogP contribution in [0.4, 0.5) is 0 Å². The van der Waals surface area contributed by atoms with Crippen LogP contribution in [0.3, 0.4) is 0 Å². The van der Waals surface area contributed by atoms with Gasteiger partial charge in [-0.15, -0.1) is 0 Å².